The van der Waals surface area contributed by atoms with E-state index in [1.807, 2.05) is 23.1 Å². The minimum Gasteiger partial charge on any atom is -0.333 e. The van der Waals surface area contributed by atoms with E-state index in [1.54, 1.807) is 0 Å². The molecule has 1 fully saturated rings. The molecule has 3 heteroatoms. The molecular weight excluding hydrogens is 236 g/mol. The Balaban J connectivity index is 2.33. The van der Waals surface area contributed by atoms with Gasteiger partial charge in [0.1, 0.15) is 0 Å². The van der Waals surface area contributed by atoms with Gasteiger partial charge in [0.05, 0.1) is 0 Å². The number of benzene rings is 1. The predicted molar refractivity (Wildman–Crippen MR) is 78.5 cm³/mol. The largest absolute Gasteiger partial charge is 0.333 e. The molecule has 0 radical (unpaired) electrons. The van der Waals surface area contributed by atoms with Crippen LogP contribution in [0.25, 0.3) is 0 Å². The van der Waals surface area contributed by atoms with E-state index in [-0.39, 0.29) is 17.4 Å². The second-order valence-electron chi connectivity index (χ2n) is 6.35. The summed E-state index contributed by atoms with van der Waals surface area (Å²) >= 11 is 0. The van der Waals surface area contributed by atoms with Crippen molar-refractivity contribution in [1.82, 2.24) is 10.2 Å². The number of rotatable bonds is 1. The molecule has 1 saturated heterocycles. The topological polar surface area (TPSA) is 32.3 Å². The predicted octanol–water partition coefficient (Wildman–Crippen LogP) is 2.42. The molecule has 0 aliphatic carbocycles. The van der Waals surface area contributed by atoms with E-state index in [9.17, 15) is 4.79 Å². The van der Waals surface area contributed by atoms with Crippen LogP contribution < -0.4 is 5.32 Å². The second-order valence-corrected chi connectivity index (χ2v) is 6.35. The molecule has 1 aliphatic rings. The minimum atomic E-state index is -0.0104. The van der Waals surface area contributed by atoms with Crippen molar-refractivity contribution in [2.75, 3.05) is 19.6 Å². The summed E-state index contributed by atoms with van der Waals surface area (Å²) in [6.07, 6.45) is 0. The van der Waals surface area contributed by atoms with Crippen molar-refractivity contribution in [3.8, 4) is 0 Å². The smallest absolute Gasteiger partial charge is 0.254 e. The van der Waals surface area contributed by atoms with Crippen LogP contribution in [-0.4, -0.2) is 36.5 Å². The first-order valence-electron chi connectivity index (χ1n) is 7.02. The average Bonchev–Trinajstić information content (AvgIpc) is 2.37. The molecule has 0 saturated carbocycles. The third-order valence-corrected chi connectivity index (χ3v) is 3.73. The molecule has 104 valence electrons. The number of piperazine rings is 1. The van der Waals surface area contributed by atoms with Crippen LogP contribution in [0.3, 0.4) is 0 Å². The zero-order valence-electron chi connectivity index (χ0n) is 12.4. The summed E-state index contributed by atoms with van der Waals surface area (Å²) in [5.41, 5.74) is 1.97. The average molecular weight is 260 g/mol. The van der Waals surface area contributed by atoms with Gasteiger partial charge in [-0.05, 0) is 24.0 Å². The van der Waals surface area contributed by atoms with Crippen LogP contribution in [0.15, 0.2) is 24.3 Å². The summed E-state index contributed by atoms with van der Waals surface area (Å²) < 4.78 is 0. The van der Waals surface area contributed by atoms with Gasteiger partial charge in [0.15, 0.2) is 0 Å². The summed E-state index contributed by atoms with van der Waals surface area (Å²) in [5.74, 6) is 0.166. The van der Waals surface area contributed by atoms with Gasteiger partial charge in [-0.15, -0.1) is 0 Å². The van der Waals surface area contributed by atoms with Crippen molar-refractivity contribution >= 4 is 5.91 Å². The fraction of sp³-hybridized carbons (Fsp3) is 0.562. The van der Waals surface area contributed by atoms with Crippen LogP contribution in [-0.2, 0) is 5.41 Å². The lowest BCUT2D eigenvalue weighted by atomic mass is 9.83. The fourth-order valence-corrected chi connectivity index (χ4v) is 2.62. The highest BCUT2D eigenvalue weighted by Crippen LogP contribution is 2.27. The number of nitrogens with zero attached hydrogens (tertiary/aromatic N) is 1. The number of nitrogens with one attached hydrogen (secondary N) is 1. The normalized spacial score (nSPS) is 20.4. The molecule has 2 rings (SSSR count). The molecule has 0 unspecified atom stereocenters. The highest BCUT2D eigenvalue weighted by atomic mass is 16.2. The van der Waals surface area contributed by atoms with Gasteiger partial charge in [-0.2, -0.15) is 0 Å². The quantitative estimate of drug-likeness (QED) is 0.841. The van der Waals surface area contributed by atoms with E-state index in [2.05, 4.69) is 39.1 Å². The molecule has 1 aromatic carbocycles. The van der Waals surface area contributed by atoms with Crippen molar-refractivity contribution in [2.45, 2.75) is 39.2 Å². The highest BCUT2D eigenvalue weighted by Gasteiger charge is 2.28. The summed E-state index contributed by atoms with van der Waals surface area (Å²) in [5, 5.41) is 3.32. The molecule has 1 atom stereocenters. The van der Waals surface area contributed by atoms with E-state index in [4.69, 9.17) is 0 Å². The SMILES string of the molecule is C[C@@H]1CNCCN1C(=O)c1ccccc1C(C)(C)C. The molecule has 0 aromatic heterocycles. The second kappa shape index (κ2) is 5.33. The van der Waals surface area contributed by atoms with Crippen molar-refractivity contribution in [3.05, 3.63) is 35.4 Å². The molecular formula is C16H24N2O. The van der Waals surface area contributed by atoms with Gasteiger partial charge in [-0.3, -0.25) is 4.79 Å². The van der Waals surface area contributed by atoms with Gasteiger partial charge < -0.3 is 10.2 Å². The lowest BCUT2D eigenvalue weighted by Gasteiger charge is -2.35. The molecule has 1 N–H and O–H groups in total. The van der Waals surface area contributed by atoms with Crippen molar-refractivity contribution in [2.24, 2.45) is 0 Å². The number of carbonyl (C=O) groups excluding carboxylic acids is 1. The zero-order valence-corrected chi connectivity index (χ0v) is 12.4. The summed E-state index contributed by atoms with van der Waals surface area (Å²) in [7, 11) is 0. The first-order valence-corrected chi connectivity index (χ1v) is 7.02. The minimum absolute atomic E-state index is 0.0104. The Morgan fingerprint density at radius 3 is 2.63 bits per heavy atom. The fourth-order valence-electron chi connectivity index (χ4n) is 2.62. The molecule has 1 amide bonds. The Morgan fingerprint density at radius 2 is 2.00 bits per heavy atom. The lowest BCUT2D eigenvalue weighted by Crippen LogP contribution is -2.52. The van der Waals surface area contributed by atoms with Crippen LogP contribution in [0.5, 0.6) is 0 Å². The summed E-state index contributed by atoms with van der Waals surface area (Å²) in [6.45, 7) is 11.1. The zero-order chi connectivity index (χ0) is 14.0. The maximum absolute atomic E-state index is 12.8. The molecule has 19 heavy (non-hydrogen) atoms. The highest BCUT2D eigenvalue weighted by molar-refractivity contribution is 5.96. The van der Waals surface area contributed by atoms with Crippen molar-refractivity contribution in [1.29, 1.82) is 0 Å². The third-order valence-electron chi connectivity index (χ3n) is 3.73. The number of hydrogen-bond donors (Lipinski definition) is 1. The van der Waals surface area contributed by atoms with Gasteiger partial charge in [-0.1, -0.05) is 39.0 Å². The van der Waals surface area contributed by atoms with Crippen LogP contribution in [0, 0.1) is 0 Å². The lowest BCUT2D eigenvalue weighted by molar-refractivity contribution is 0.0653. The molecule has 3 nitrogen and oxygen atoms in total. The maximum Gasteiger partial charge on any atom is 0.254 e. The van der Waals surface area contributed by atoms with Crippen LogP contribution >= 0.6 is 0 Å². The van der Waals surface area contributed by atoms with Crippen LogP contribution in [0.4, 0.5) is 0 Å². The molecule has 1 heterocycles. The number of hydrogen-bond acceptors (Lipinski definition) is 2. The van der Waals surface area contributed by atoms with E-state index >= 15 is 0 Å². The Hall–Kier alpha value is -1.35. The van der Waals surface area contributed by atoms with E-state index < -0.39 is 0 Å². The molecule has 0 bridgehead atoms. The van der Waals surface area contributed by atoms with E-state index in [0.29, 0.717) is 0 Å². The first kappa shape index (κ1) is 14.1. The Labute approximate surface area is 116 Å². The number of carbonyl (C=O) groups is 1. The summed E-state index contributed by atoms with van der Waals surface area (Å²) in [6, 6.07) is 8.25. The monoisotopic (exact) mass is 260 g/mol. The van der Waals surface area contributed by atoms with Gasteiger partial charge in [-0.25, -0.2) is 0 Å². The van der Waals surface area contributed by atoms with Crippen molar-refractivity contribution in [3.63, 3.8) is 0 Å². The molecule has 1 aromatic rings. The van der Waals surface area contributed by atoms with Gasteiger partial charge in [0.25, 0.3) is 5.91 Å². The van der Waals surface area contributed by atoms with Gasteiger partial charge >= 0.3 is 0 Å². The van der Waals surface area contributed by atoms with Crippen LogP contribution in [0.2, 0.25) is 0 Å². The Morgan fingerprint density at radius 1 is 1.32 bits per heavy atom. The molecule has 0 spiro atoms. The Kier molecular flexibility index (Phi) is 3.95. The first-order chi connectivity index (χ1) is 8.91. The maximum atomic E-state index is 12.8. The van der Waals surface area contributed by atoms with Crippen molar-refractivity contribution < 1.29 is 4.79 Å². The van der Waals surface area contributed by atoms with Gasteiger partial charge in [0.2, 0.25) is 0 Å². The standard InChI is InChI=1S/C16H24N2O/c1-12-11-17-9-10-18(12)15(19)13-7-5-6-8-14(13)16(2,3)4/h5-8,12,17H,9-11H2,1-4H3/t12-/m1/s1. The van der Waals surface area contributed by atoms with Gasteiger partial charge in [0, 0.05) is 31.2 Å². The molecule has 1 aliphatic heterocycles. The number of amides is 1. The van der Waals surface area contributed by atoms with E-state index in [1.165, 1.54) is 0 Å². The third kappa shape index (κ3) is 2.98. The van der Waals surface area contributed by atoms with Crippen LogP contribution in [0.1, 0.15) is 43.6 Å². The Bertz CT molecular complexity index is 462. The van der Waals surface area contributed by atoms with E-state index in [0.717, 1.165) is 30.8 Å². The summed E-state index contributed by atoms with van der Waals surface area (Å²) in [4.78, 5) is 14.8.